The first-order chi connectivity index (χ1) is 9.09. The van der Waals surface area contributed by atoms with Crippen molar-refractivity contribution in [2.75, 3.05) is 6.54 Å². The average molecular weight is 259 g/mol. The first-order valence-electron chi connectivity index (χ1n) is 7.46. The summed E-state index contributed by atoms with van der Waals surface area (Å²) in [6.45, 7) is 7.42. The molecule has 19 heavy (non-hydrogen) atoms. The molecule has 0 N–H and O–H groups in total. The lowest BCUT2D eigenvalue weighted by molar-refractivity contribution is 0.0780. The fraction of sp³-hybridized carbons (Fsp3) is 0.588. The molecule has 1 heterocycles. The largest absolute Gasteiger partial charge is 0.292 e. The van der Waals surface area contributed by atoms with Gasteiger partial charge in [-0.3, -0.25) is 9.69 Å². The van der Waals surface area contributed by atoms with Crippen molar-refractivity contribution in [1.29, 1.82) is 0 Å². The molecule has 1 saturated heterocycles. The molecule has 104 valence electrons. The number of hydrogen-bond donors (Lipinski definition) is 0. The highest BCUT2D eigenvalue weighted by molar-refractivity contribution is 5.99. The van der Waals surface area contributed by atoms with E-state index in [1.165, 1.54) is 31.2 Å². The van der Waals surface area contributed by atoms with E-state index in [0.29, 0.717) is 6.04 Å². The minimum atomic E-state index is -0.00388. The van der Waals surface area contributed by atoms with Gasteiger partial charge in [0.25, 0.3) is 0 Å². The Labute approximate surface area is 116 Å². The summed E-state index contributed by atoms with van der Waals surface area (Å²) in [5, 5.41) is 0. The maximum Gasteiger partial charge on any atom is 0.179 e. The Hall–Kier alpha value is -1.15. The van der Waals surface area contributed by atoms with Gasteiger partial charge < -0.3 is 0 Å². The third-order valence-corrected chi connectivity index (χ3v) is 4.32. The fourth-order valence-electron chi connectivity index (χ4n) is 2.98. The van der Waals surface area contributed by atoms with E-state index in [-0.39, 0.29) is 11.8 Å². The molecular weight excluding hydrogens is 234 g/mol. The lowest BCUT2D eigenvalue weighted by atomic mass is 10.0. The predicted octanol–water partition coefficient (Wildman–Crippen LogP) is 3.83. The first-order valence-corrected chi connectivity index (χ1v) is 7.46. The van der Waals surface area contributed by atoms with Crippen LogP contribution in [0.4, 0.5) is 0 Å². The van der Waals surface area contributed by atoms with Crippen LogP contribution in [0.2, 0.25) is 0 Å². The highest BCUT2D eigenvalue weighted by atomic mass is 16.1. The van der Waals surface area contributed by atoms with Crippen LogP contribution in [-0.4, -0.2) is 29.3 Å². The molecule has 2 rings (SSSR count). The molecule has 2 atom stereocenters. The van der Waals surface area contributed by atoms with E-state index >= 15 is 0 Å². The second-order valence-corrected chi connectivity index (χ2v) is 5.84. The van der Waals surface area contributed by atoms with Gasteiger partial charge in [-0.25, -0.2) is 0 Å². The van der Waals surface area contributed by atoms with Crippen LogP contribution < -0.4 is 0 Å². The summed E-state index contributed by atoms with van der Waals surface area (Å²) in [5.41, 5.74) is 2.04. The molecule has 0 spiro atoms. The summed E-state index contributed by atoms with van der Waals surface area (Å²) >= 11 is 0. The number of benzene rings is 1. The van der Waals surface area contributed by atoms with Gasteiger partial charge in [-0.15, -0.1) is 0 Å². The molecule has 1 aromatic carbocycles. The standard InChI is InChI=1S/C17H25NO/c1-13-8-10-16(11-9-13)17(19)15(3)18-12-6-4-5-7-14(18)2/h8-11,14-15H,4-7,12H2,1-3H3. The van der Waals surface area contributed by atoms with Crippen molar-refractivity contribution >= 4 is 5.78 Å². The molecule has 1 aromatic rings. The van der Waals surface area contributed by atoms with Gasteiger partial charge in [-0.1, -0.05) is 42.7 Å². The van der Waals surface area contributed by atoms with Crippen LogP contribution in [0.5, 0.6) is 0 Å². The highest BCUT2D eigenvalue weighted by Gasteiger charge is 2.27. The van der Waals surface area contributed by atoms with E-state index in [1.54, 1.807) is 0 Å². The molecular formula is C17H25NO. The lowest BCUT2D eigenvalue weighted by Gasteiger charge is -2.32. The number of aryl methyl sites for hydroxylation is 1. The van der Waals surface area contributed by atoms with Gasteiger partial charge in [0, 0.05) is 11.6 Å². The predicted molar refractivity (Wildman–Crippen MR) is 79.6 cm³/mol. The smallest absolute Gasteiger partial charge is 0.179 e. The van der Waals surface area contributed by atoms with Crippen molar-refractivity contribution < 1.29 is 4.79 Å². The SMILES string of the molecule is Cc1ccc(C(=O)C(C)N2CCCCCC2C)cc1. The van der Waals surface area contributed by atoms with Gasteiger partial charge in [0.15, 0.2) is 5.78 Å². The van der Waals surface area contributed by atoms with Crippen molar-refractivity contribution in [3.63, 3.8) is 0 Å². The van der Waals surface area contributed by atoms with Crippen LogP contribution in [0.3, 0.4) is 0 Å². The zero-order chi connectivity index (χ0) is 13.8. The molecule has 2 heteroatoms. The molecule has 1 fully saturated rings. The zero-order valence-electron chi connectivity index (χ0n) is 12.4. The number of Topliss-reactive ketones (excluding diaryl/α,β-unsaturated/α-hetero) is 1. The Balaban J connectivity index is 2.11. The van der Waals surface area contributed by atoms with E-state index in [9.17, 15) is 4.79 Å². The van der Waals surface area contributed by atoms with E-state index in [0.717, 1.165) is 12.1 Å². The molecule has 1 aliphatic heterocycles. The zero-order valence-corrected chi connectivity index (χ0v) is 12.4. The third kappa shape index (κ3) is 3.44. The van der Waals surface area contributed by atoms with Crippen molar-refractivity contribution in [1.82, 2.24) is 4.90 Å². The number of hydrogen-bond acceptors (Lipinski definition) is 2. The molecule has 2 unspecified atom stereocenters. The van der Waals surface area contributed by atoms with Crippen LogP contribution in [-0.2, 0) is 0 Å². The third-order valence-electron chi connectivity index (χ3n) is 4.32. The Morgan fingerprint density at radius 2 is 1.89 bits per heavy atom. The monoisotopic (exact) mass is 259 g/mol. The summed E-state index contributed by atoms with van der Waals surface area (Å²) in [5.74, 6) is 0.258. The van der Waals surface area contributed by atoms with E-state index in [1.807, 2.05) is 24.3 Å². The van der Waals surface area contributed by atoms with Crippen LogP contribution in [0.15, 0.2) is 24.3 Å². The number of carbonyl (C=O) groups is 1. The van der Waals surface area contributed by atoms with Crippen molar-refractivity contribution in [3.05, 3.63) is 35.4 Å². The average Bonchev–Trinajstić information content (AvgIpc) is 2.63. The van der Waals surface area contributed by atoms with Crippen LogP contribution in [0.25, 0.3) is 0 Å². The maximum atomic E-state index is 12.6. The second-order valence-electron chi connectivity index (χ2n) is 5.84. The molecule has 0 bridgehead atoms. The van der Waals surface area contributed by atoms with Gasteiger partial charge in [0.1, 0.15) is 0 Å². The number of likely N-dealkylation sites (tertiary alicyclic amines) is 1. The number of rotatable bonds is 3. The summed E-state index contributed by atoms with van der Waals surface area (Å²) in [6.07, 6.45) is 5.02. The van der Waals surface area contributed by atoms with Gasteiger partial charge in [-0.05, 0) is 40.2 Å². The molecule has 0 aromatic heterocycles. The Morgan fingerprint density at radius 3 is 2.58 bits per heavy atom. The van der Waals surface area contributed by atoms with Crippen LogP contribution in [0, 0.1) is 6.92 Å². The molecule has 0 amide bonds. The molecule has 1 aliphatic rings. The molecule has 2 nitrogen and oxygen atoms in total. The van der Waals surface area contributed by atoms with Crippen molar-refractivity contribution in [2.24, 2.45) is 0 Å². The van der Waals surface area contributed by atoms with E-state index < -0.39 is 0 Å². The van der Waals surface area contributed by atoms with Crippen molar-refractivity contribution in [3.8, 4) is 0 Å². The second kappa shape index (κ2) is 6.33. The topological polar surface area (TPSA) is 20.3 Å². The Bertz CT molecular complexity index is 423. The summed E-state index contributed by atoms with van der Waals surface area (Å²) in [4.78, 5) is 15.0. The molecule has 0 radical (unpaired) electrons. The van der Waals surface area contributed by atoms with Gasteiger partial charge in [0.05, 0.1) is 6.04 Å². The minimum Gasteiger partial charge on any atom is -0.292 e. The quantitative estimate of drug-likeness (QED) is 0.769. The molecule has 0 aliphatic carbocycles. The van der Waals surface area contributed by atoms with E-state index in [2.05, 4.69) is 25.7 Å². The summed E-state index contributed by atoms with van der Waals surface area (Å²) in [6, 6.07) is 8.47. The van der Waals surface area contributed by atoms with E-state index in [4.69, 9.17) is 0 Å². The van der Waals surface area contributed by atoms with Gasteiger partial charge in [0.2, 0.25) is 0 Å². The minimum absolute atomic E-state index is 0.00388. The van der Waals surface area contributed by atoms with Gasteiger partial charge >= 0.3 is 0 Å². The normalized spacial score (nSPS) is 22.8. The fourth-order valence-corrected chi connectivity index (χ4v) is 2.98. The van der Waals surface area contributed by atoms with Crippen LogP contribution >= 0.6 is 0 Å². The van der Waals surface area contributed by atoms with Gasteiger partial charge in [-0.2, -0.15) is 0 Å². The molecule has 0 saturated carbocycles. The highest BCUT2D eigenvalue weighted by Crippen LogP contribution is 2.20. The number of ketones is 1. The lowest BCUT2D eigenvalue weighted by Crippen LogP contribution is -2.44. The number of nitrogens with zero attached hydrogens (tertiary/aromatic N) is 1. The summed E-state index contributed by atoms with van der Waals surface area (Å²) < 4.78 is 0. The first kappa shape index (κ1) is 14.3. The Morgan fingerprint density at radius 1 is 1.21 bits per heavy atom. The van der Waals surface area contributed by atoms with Crippen molar-refractivity contribution in [2.45, 2.75) is 58.5 Å². The Kier molecular flexibility index (Phi) is 4.76. The van der Waals surface area contributed by atoms with Crippen LogP contribution in [0.1, 0.15) is 55.5 Å². The number of carbonyl (C=O) groups excluding carboxylic acids is 1. The summed E-state index contributed by atoms with van der Waals surface area (Å²) in [7, 11) is 0. The maximum absolute atomic E-state index is 12.6.